The first kappa shape index (κ1) is 14.4. The standard InChI is InChI=1S/C15H16FN5O/c1-3-6-22-15-14(20-12-13(21-15)18-8-17-12)19-11-5-4-9(2)7-10(11)16/h4-5,7H,3,6,8H2,1-2H3,(H,17,19,20). The molecule has 0 spiro atoms. The lowest BCUT2D eigenvalue weighted by Crippen LogP contribution is -2.30. The van der Waals surface area contributed by atoms with Crippen molar-refractivity contribution in [2.24, 2.45) is 9.98 Å². The number of hydrogen-bond donors (Lipinski definition) is 1. The van der Waals surface area contributed by atoms with Gasteiger partial charge < -0.3 is 10.1 Å². The molecule has 1 aromatic heterocycles. The fourth-order valence-electron chi connectivity index (χ4n) is 2.01. The zero-order valence-electron chi connectivity index (χ0n) is 12.4. The van der Waals surface area contributed by atoms with Crippen LogP contribution >= 0.6 is 0 Å². The fraction of sp³-hybridized carbons (Fsp3) is 0.333. The molecule has 0 aliphatic carbocycles. The summed E-state index contributed by atoms with van der Waals surface area (Å²) >= 11 is 0. The van der Waals surface area contributed by atoms with Crippen molar-refractivity contribution in [3.05, 3.63) is 40.6 Å². The Kier molecular flexibility index (Phi) is 3.95. The van der Waals surface area contributed by atoms with E-state index in [1.807, 2.05) is 19.9 Å². The topological polar surface area (TPSA) is 71.8 Å². The van der Waals surface area contributed by atoms with Crippen LogP contribution in [0.15, 0.2) is 28.2 Å². The van der Waals surface area contributed by atoms with Crippen LogP contribution in [0.3, 0.4) is 0 Å². The molecule has 0 amide bonds. The van der Waals surface area contributed by atoms with Crippen molar-refractivity contribution in [1.82, 2.24) is 9.97 Å². The van der Waals surface area contributed by atoms with Crippen LogP contribution in [0, 0.1) is 12.7 Å². The lowest BCUT2D eigenvalue weighted by Gasteiger charge is -2.11. The number of hydrogen-bond acceptors (Lipinski definition) is 6. The molecule has 6 nitrogen and oxygen atoms in total. The van der Waals surface area contributed by atoms with Crippen molar-refractivity contribution in [3.63, 3.8) is 0 Å². The SMILES string of the molecule is CCCOc1nc2c(nc1Nc1ccc(C)cc1F)=NCN=2. The molecular weight excluding hydrogens is 285 g/mol. The Hall–Kier alpha value is -2.57. The fourth-order valence-corrected chi connectivity index (χ4v) is 2.01. The molecule has 1 aliphatic rings. The van der Waals surface area contributed by atoms with E-state index >= 15 is 0 Å². The molecule has 2 aromatic rings. The van der Waals surface area contributed by atoms with Gasteiger partial charge in [-0.15, -0.1) is 0 Å². The van der Waals surface area contributed by atoms with Crippen LogP contribution in [0.4, 0.5) is 15.9 Å². The number of aromatic nitrogens is 2. The summed E-state index contributed by atoms with van der Waals surface area (Å²) in [6.45, 7) is 4.63. The monoisotopic (exact) mass is 301 g/mol. The molecule has 1 N–H and O–H groups in total. The van der Waals surface area contributed by atoms with E-state index in [9.17, 15) is 4.39 Å². The van der Waals surface area contributed by atoms with Crippen molar-refractivity contribution in [3.8, 4) is 5.88 Å². The molecule has 0 bridgehead atoms. The number of fused-ring (bicyclic) bond motifs is 1. The average Bonchev–Trinajstić information content (AvgIpc) is 2.94. The van der Waals surface area contributed by atoms with Gasteiger partial charge in [-0.1, -0.05) is 13.0 Å². The predicted octanol–water partition coefficient (Wildman–Crippen LogP) is 1.67. The van der Waals surface area contributed by atoms with Crippen molar-refractivity contribution in [2.75, 3.05) is 18.6 Å². The van der Waals surface area contributed by atoms with Gasteiger partial charge in [0, 0.05) is 0 Å². The first-order valence-corrected chi connectivity index (χ1v) is 7.10. The number of ether oxygens (including phenoxy) is 1. The van der Waals surface area contributed by atoms with Crippen molar-refractivity contribution >= 4 is 11.5 Å². The second-order valence-corrected chi connectivity index (χ2v) is 4.94. The normalized spacial score (nSPS) is 12.3. The maximum atomic E-state index is 14.0. The maximum Gasteiger partial charge on any atom is 0.260 e. The van der Waals surface area contributed by atoms with Gasteiger partial charge in [0.2, 0.25) is 0 Å². The van der Waals surface area contributed by atoms with E-state index in [2.05, 4.69) is 25.3 Å². The molecule has 7 heteroatoms. The molecule has 0 saturated carbocycles. The largest absolute Gasteiger partial charge is 0.475 e. The van der Waals surface area contributed by atoms with E-state index in [-0.39, 0.29) is 5.82 Å². The summed E-state index contributed by atoms with van der Waals surface area (Å²) in [6.07, 6.45) is 0.832. The number of halogens is 1. The lowest BCUT2D eigenvalue weighted by molar-refractivity contribution is 0.304. The number of anilines is 2. The van der Waals surface area contributed by atoms with Gasteiger partial charge in [0.1, 0.15) is 12.5 Å². The van der Waals surface area contributed by atoms with Gasteiger partial charge in [-0.05, 0) is 31.0 Å². The van der Waals surface area contributed by atoms with Gasteiger partial charge in [0.05, 0.1) is 12.3 Å². The van der Waals surface area contributed by atoms with Gasteiger partial charge >= 0.3 is 0 Å². The second kappa shape index (κ2) is 6.05. The number of nitrogens with zero attached hydrogens (tertiary/aromatic N) is 4. The highest BCUT2D eigenvalue weighted by atomic mass is 19.1. The Labute approximate surface area is 126 Å². The molecule has 0 atom stereocenters. The molecule has 2 heterocycles. The average molecular weight is 301 g/mol. The summed E-state index contributed by atoms with van der Waals surface area (Å²) in [4.78, 5) is 16.9. The summed E-state index contributed by atoms with van der Waals surface area (Å²) < 4.78 is 19.6. The van der Waals surface area contributed by atoms with Gasteiger partial charge in [-0.3, -0.25) is 0 Å². The summed E-state index contributed by atoms with van der Waals surface area (Å²) in [5.74, 6) is 0.294. The Bertz CT molecular complexity index is 821. The van der Waals surface area contributed by atoms with Gasteiger partial charge in [-0.2, -0.15) is 4.98 Å². The first-order valence-electron chi connectivity index (χ1n) is 7.10. The Morgan fingerprint density at radius 1 is 1.23 bits per heavy atom. The van der Waals surface area contributed by atoms with Gasteiger partial charge in [0.25, 0.3) is 5.88 Å². The van der Waals surface area contributed by atoms with Gasteiger partial charge in [0.15, 0.2) is 16.8 Å². The molecule has 0 saturated heterocycles. The predicted molar refractivity (Wildman–Crippen MR) is 79.4 cm³/mol. The van der Waals surface area contributed by atoms with E-state index in [0.717, 1.165) is 12.0 Å². The maximum absolute atomic E-state index is 14.0. The number of benzene rings is 1. The second-order valence-electron chi connectivity index (χ2n) is 4.94. The molecule has 3 rings (SSSR count). The molecule has 1 aromatic carbocycles. The first-order chi connectivity index (χ1) is 10.7. The Balaban J connectivity index is 2.00. The van der Waals surface area contributed by atoms with Crippen molar-refractivity contribution < 1.29 is 9.13 Å². The molecule has 0 fully saturated rings. The summed E-state index contributed by atoms with van der Waals surface area (Å²) in [5.41, 5.74) is 2.07. The highest BCUT2D eigenvalue weighted by molar-refractivity contribution is 5.60. The minimum absolute atomic E-state index is 0.307. The summed E-state index contributed by atoms with van der Waals surface area (Å²) in [6, 6.07) is 4.93. The van der Waals surface area contributed by atoms with E-state index in [0.29, 0.717) is 41.6 Å². The number of nitrogens with one attached hydrogen (secondary N) is 1. The van der Waals surface area contributed by atoms with Crippen molar-refractivity contribution in [2.45, 2.75) is 20.3 Å². The van der Waals surface area contributed by atoms with Crippen LogP contribution in [0.25, 0.3) is 0 Å². The third-order valence-electron chi connectivity index (χ3n) is 3.09. The minimum atomic E-state index is -0.356. The van der Waals surface area contributed by atoms with E-state index in [1.54, 1.807) is 6.07 Å². The Morgan fingerprint density at radius 3 is 2.73 bits per heavy atom. The van der Waals surface area contributed by atoms with Crippen LogP contribution in [0.5, 0.6) is 5.88 Å². The quantitative estimate of drug-likeness (QED) is 0.912. The molecule has 1 aliphatic heterocycles. The van der Waals surface area contributed by atoms with Crippen LogP contribution in [0.2, 0.25) is 0 Å². The molecule has 0 unspecified atom stereocenters. The Morgan fingerprint density at radius 2 is 2.00 bits per heavy atom. The highest BCUT2D eigenvalue weighted by Gasteiger charge is 2.13. The smallest absolute Gasteiger partial charge is 0.260 e. The van der Waals surface area contributed by atoms with Crippen LogP contribution in [-0.2, 0) is 0 Å². The summed E-state index contributed by atoms with van der Waals surface area (Å²) in [7, 11) is 0. The third kappa shape index (κ3) is 2.88. The molecular formula is C15H16FN5O. The zero-order valence-corrected chi connectivity index (χ0v) is 12.4. The van der Waals surface area contributed by atoms with Crippen LogP contribution < -0.4 is 21.0 Å². The van der Waals surface area contributed by atoms with E-state index < -0.39 is 0 Å². The number of rotatable bonds is 5. The van der Waals surface area contributed by atoms with E-state index in [1.165, 1.54) is 6.07 Å². The van der Waals surface area contributed by atoms with E-state index in [4.69, 9.17) is 4.74 Å². The lowest BCUT2D eigenvalue weighted by atomic mass is 10.2. The zero-order chi connectivity index (χ0) is 15.5. The third-order valence-corrected chi connectivity index (χ3v) is 3.09. The summed E-state index contributed by atoms with van der Waals surface area (Å²) in [5, 5.41) is 2.93. The number of aryl methyl sites for hydroxylation is 1. The molecule has 0 radical (unpaired) electrons. The molecule has 22 heavy (non-hydrogen) atoms. The van der Waals surface area contributed by atoms with Gasteiger partial charge in [-0.25, -0.2) is 19.4 Å². The molecule has 114 valence electrons. The van der Waals surface area contributed by atoms with Crippen LogP contribution in [0.1, 0.15) is 18.9 Å². The van der Waals surface area contributed by atoms with Crippen molar-refractivity contribution in [1.29, 1.82) is 0 Å². The minimum Gasteiger partial charge on any atom is -0.475 e. The van der Waals surface area contributed by atoms with Crippen LogP contribution in [-0.4, -0.2) is 23.2 Å². The highest BCUT2D eigenvalue weighted by Crippen LogP contribution is 2.24.